The molecule has 2 heterocycles. The van der Waals surface area contributed by atoms with Crippen LogP contribution in [0.1, 0.15) is 17.2 Å². The van der Waals surface area contributed by atoms with Crippen LogP contribution in [0.4, 0.5) is 5.69 Å². The van der Waals surface area contributed by atoms with E-state index in [9.17, 15) is 25.0 Å². The van der Waals surface area contributed by atoms with Gasteiger partial charge in [0.15, 0.2) is 0 Å². The number of allylic oxidation sites excluding steroid dienone is 1. The maximum atomic E-state index is 11.9. The zero-order chi connectivity index (χ0) is 17.4. The second-order valence-electron chi connectivity index (χ2n) is 4.92. The summed E-state index contributed by atoms with van der Waals surface area (Å²) in [5.74, 6) is -1.38. The number of ether oxygens (including phenoxy) is 1. The van der Waals surface area contributed by atoms with Crippen LogP contribution >= 0.6 is 0 Å². The minimum absolute atomic E-state index is 0.0161. The van der Waals surface area contributed by atoms with E-state index in [0.717, 1.165) is 0 Å². The molecule has 120 valence electrons. The zero-order valence-corrected chi connectivity index (χ0v) is 11.9. The number of H-pyrrole nitrogens is 2. The SMILES string of the molecule is N#CC1=C(N)Oc2c([nH]c(=O)[nH]c2=O)[C@H]1c1ccc([N+](=O)[O-])cc1. The average molecular weight is 327 g/mol. The number of fused-ring (bicyclic) bond motifs is 1. The molecule has 0 radical (unpaired) electrons. The number of nitrogens with zero attached hydrogens (tertiary/aromatic N) is 2. The van der Waals surface area contributed by atoms with Crippen LogP contribution in [0.25, 0.3) is 0 Å². The standard InChI is InChI=1S/C14H9N5O5/c15-5-8-9(6-1-3-7(4-2-6)19(22)23)10-11(24-12(8)16)13(20)18-14(21)17-10/h1-4,9H,16H2,(H2,17,18,20,21)/t9-/m0/s1. The maximum Gasteiger partial charge on any atom is 0.326 e. The first kappa shape index (κ1) is 15.0. The Morgan fingerprint density at radius 2 is 1.92 bits per heavy atom. The van der Waals surface area contributed by atoms with E-state index in [1.807, 2.05) is 11.1 Å². The van der Waals surface area contributed by atoms with Crippen LogP contribution in [0.3, 0.4) is 0 Å². The number of nitrogens with two attached hydrogens (primary N) is 1. The Labute approximate surface area is 133 Å². The zero-order valence-electron chi connectivity index (χ0n) is 11.9. The van der Waals surface area contributed by atoms with E-state index in [0.29, 0.717) is 5.56 Å². The topological polar surface area (TPSA) is 168 Å². The molecule has 0 aliphatic carbocycles. The molecule has 0 saturated carbocycles. The van der Waals surface area contributed by atoms with Crippen molar-refractivity contribution in [3.8, 4) is 11.8 Å². The highest BCUT2D eigenvalue weighted by Gasteiger charge is 2.33. The largest absolute Gasteiger partial charge is 0.433 e. The van der Waals surface area contributed by atoms with Crippen molar-refractivity contribution in [2.75, 3.05) is 0 Å². The molecule has 10 nitrogen and oxygen atoms in total. The minimum Gasteiger partial charge on any atom is -0.433 e. The van der Waals surface area contributed by atoms with Gasteiger partial charge in [-0.3, -0.25) is 19.9 Å². The summed E-state index contributed by atoms with van der Waals surface area (Å²) in [6, 6.07) is 7.22. The van der Waals surface area contributed by atoms with Crippen LogP contribution < -0.4 is 21.7 Å². The van der Waals surface area contributed by atoms with E-state index < -0.39 is 22.1 Å². The van der Waals surface area contributed by atoms with Gasteiger partial charge in [0.2, 0.25) is 11.6 Å². The number of aromatic nitrogens is 2. The van der Waals surface area contributed by atoms with Gasteiger partial charge in [0, 0.05) is 12.1 Å². The van der Waals surface area contributed by atoms with Gasteiger partial charge in [-0.15, -0.1) is 0 Å². The summed E-state index contributed by atoms with van der Waals surface area (Å²) in [5.41, 5.74) is 4.48. The molecule has 1 atom stereocenters. The Morgan fingerprint density at radius 1 is 1.25 bits per heavy atom. The third kappa shape index (κ3) is 2.30. The van der Waals surface area contributed by atoms with E-state index in [1.54, 1.807) is 0 Å². The van der Waals surface area contributed by atoms with Crippen molar-refractivity contribution in [3.05, 3.63) is 77.9 Å². The fourth-order valence-electron chi connectivity index (χ4n) is 2.49. The van der Waals surface area contributed by atoms with Crippen molar-refractivity contribution in [3.63, 3.8) is 0 Å². The van der Waals surface area contributed by atoms with Gasteiger partial charge >= 0.3 is 5.69 Å². The third-order valence-electron chi connectivity index (χ3n) is 3.54. The van der Waals surface area contributed by atoms with Gasteiger partial charge in [0.05, 0.1) is 16.5 Å². The molecule has 4 N–H and O–H groups in total. The normalized spacial score (nSPS) is 16.0. The molecule has 1 aromatic carbocycles. The lowest BCUT2D eigenvalue weighted by Gasteiger charge is -2.24. The first-order chi connectivity index (χ1) is 11.4. The molecule has 10 heteroatoms. The number of rotatable bonds is 2. The molecule has 3 rings (SSSR count). The molecule has 1 aromatic heterocycles. The quantitative estimate of drug-likeness (QED) is 0.522. The van der Waals surface area contributed by atoms with Gasteiger partial charge in [-0.2, -0.15) is 5.26 Å². The highest BCUT2D eigenvalue weighted by molar-refractivity contribution is 5.53. The van der Waals surface area contributed by atoms with Crippen molar-refractivity contribution in [2.45, 2.75) is 5.92 Å². The second-order valence-corrected chi connectivity index (χ2v) is 4.92. The summed E-state index contributed by atoms with van der Waals surface area (Å²) in [6.45, 7) is 0. The molecule has 24 heavy (non-hydrogen) atoms. The Balaban J connectivity index is 2.25. The number of nitro groups is 1. The van der Waals surface area contributed by atoms with Crippen LogP contribution in [0.2, 0.25) is 0 Å². The molecule has 2 aromatic rings. The number of nitro benzene ring substituents is 1. The molecule has 1 aliphatic heterocycles. The van der Waals surface area contributed by atoms with Crippen molar-refractivity contribution in [2.24, 2.45) is 5.73 Å². The number of nitriles is 1. The van der Waals surface area contributed by atoms with Crippen molar-refractivity contribution < 1.29 is 9.66 Å². The maximum absolute atomic E-state index is 11.9. The molecule has 0 unspecified atom stereocenters. The fourth-order valence-corrected chi connectivity index (χ4v) is 2.49. The van der Waals surface area contributed by atoms with Crippen LogP contribution in [0.5, 0.6) is 5.75 Å². The summed E-state index contributed by atoms with van der Waals surface area (Å²) < 4.78 is 5.15. The molecule has 0 amide bonds. The summed E-state index contributed by atoms with van der Waals surface area (Å²) in [6.07, 6.45) is 0. The molecule has 0 bridgehead atoms. The number of hydrogen-bond acceptors (Lipinski definition) is 7. The van der Waals surface area contributed by atoms with Crippen LogP contribution in [-0.4, -0.2) is 14.9 Å². The number of nitrogens with one attached hydrogen (secondary N) is 2. The molecule has 0 saturated heterocycles. The Bertz CT molecular complexity index is 1030. The number of aromatic amines is 2. The third-order valence-corrected chi connectivity index (χ3v) is 3.54. The van der Waals surface area contributed by atoms with Gasteiger partial charge in [0.25, 0.3) is 11.2 Å². The van der Waals surface area contributed by atoms with E-state index >= 15 is 0 Å². The van der Waals surface area contributed by atoms with Gasteiger partial charge in [-0.1, -0.05) is 12.1 Å². The van der Waals surface area contributed by atoms with Crippen LogP contribution in [0.15, 0.2) is 45.3 Å². The number of benzene rings is 1. The minimum atomic E-state index is -0.880. The Morgan fingerprint density at radius 3 is 2.50 bits per heavy atom. The van der Waals surface area contributed by atoms with Crippen LogP contribution in [-0.2, 0) is 0 Å². The highest BCUT2D eigenvalue weighted by atomic mass is 16.6. The highest BCUT2D eigenvalue weighted by Crippen LogP contribution is 2.38. The molecular formula is C14H9N5O5. The van der Waals surface area contributed by atoms with E-state index in [4.69, 9.17) is 10.5 Å². The molecule has 0 fully saturated rings. The predicted octanol–water partition coefficient (Wildman–Crippen LogP) is 0.190. The van der Waals surface area contributed by atoms with E-state index in [-0.39, 0.29) is 28.6 Å². The summed E-state index contributed by atoms with van der Waals surface area (Å²) in [4.78, 5) is 38.1. The fraction of sp³-hybridized carbons (Fsp3) is 0.0714. The lowest BCUT2D eigenvalue weighted by molar-refractivity contribution is -0.384. The lowest BCUT2D eigenvalue weighted by Crippen LogP contribution is -2.32. The Hall–Kier alpha value is -3.87. The second kappa shape index (κ2) is 5.40. The lowest BCUT2D eigenvalue weighted by atomic mass is 9.87. The van der Waals surface area contributed by atoms with Gasteiger partial charge in [-0.25, -0.2) is 4.79 Å². The van der Waals surface area contributed by atoms with Gasteiger partial charge in [0.1, 0.15) is 11.6 Å². The van der Waals surface area contributed by atoms with Gasteiger partial charge < -0.3 is 15.5 Å². The smallest absolute Gasteiger partial charge is 0.326 e. The number of non-ortho nitro benzene ring substituents is 1. The monoisotopic (exact) mass is 327 g/mol. The van der Waals surface area contributed by atoms with E-state index in [1.165, 1.54) is 24.3 Å². The predicted molar refractivity (Wildman–Crippen MR) is 80.1 cm³/mol. The summed E-state index contributed by atoms with van der Waals surface area (Å²) in [7, 11) is 0. The summed E-state index contributed by atoms with van der Waals surface area (Å²) in [5, 5.41) is 20.1. The first-order valence-electron chi connectivity index (χ1n) is 6.60. The molecule has 0 spiro atoms. The van der Waals surface area contributed by atoms with Gasteiger partial charge in [-0.05, 0) is 5.56 Å². The molecule has 1 aliphatic rings. The van der Waals surface area contributed by atoms with Crippen molar-refractivity contribution in [1.29, 1.82) is 5.26 Å². The average Bonchev–Trinajstić information content (AvgIpc) is 2.54. The van der Waals surface area contributed by atoms with Crippen LogP contribution in [0, 0.1) is 21.4 Å². The van der Waals surface area contributed by atoms with Crippen molar-refractivity contribution in [1.82, 2.24) is 9.97 Å². The summed E-state index contributed by atoms with van der Waals surface area (Å²) >= 11 is 0. The van der Waals surface area contributed by atoms with E-state index in [2.05, 4.69) is 4.98 Å². The Kier molecular flexibility index (Phi) is 3.38. The molecular weight excluding hydrogens is 318 g/mol. The number of hydrogen-bond donors (Lipinski definition) is 3. The van der Waals surface area contributed by atoms with Crippen molar-refractivity contribution >= 4 is 5.69 Å². The first-order valence-corrected chi connectivity index (χ1v) is 6.60.